The first-order chi connectivity index (χ1) is 14.5. The second-order valence-corrected chi connectivity index (χ2v) is 7.20. The Bertz CT molecular complexity index is 1220. The number of carbonyl (C=O) groups is 1. The molecule has 4 rings (SSSR count). The summed E-state index contributed by atoms with van der Waals surface area (Å²) in [5, 5.41) is 2.74. The lowest BCUT2D eigenvalue weighted by Gasteiger charge is -2.22. The fraction of sp³-hybridized carbons (Fsp3) is 0.167. The monoisotopic (exact) mass is 401 g/mol. The van der Waals surface area contributed by atoms with E-state index in [1.807, 2.05) is 67.6 Å². The Balaban J connectivity index is 1.57. The fourth-order valence-corrected chi connectivity index (χ4v) is 3.50. The molecule has 1 N–H and O–H groups in total. The minimum Gasteiger partial charge on any atom is -0.485 e. The SMILES string of the molecule is Cc1c(NC(=O)/C=C/C2=Cc3ccccc3OC2C)c(=O)n(-c2ccccc2)n1C. The van der Waals surface area contributed by atoms with Crippen LogP contribution in [-0.4, -0.2) is 21.4 Å². The van der Waals surface area contributed by atoms with Crippen LogP contribution in [0.25, 0.3) is 11.8 Å². The first-order valence-electron chi connectivity index (χ1n) is 9.76. The van der Waals surface area contributed by atoms with E-state index < -0.39 is 0 Å². The standard InChI is InChI=1S/C24H23N3O3/c1-16-23(24(29)27(26(16)3)20-10-5-4-6-11-20)25-22(28)14-13-18-15-19-9-7-8-12-21(19)30-17(18)2/h4-15,17H,1-3H3,(H,25,28)/b14-13+. The molecule has 6 heteroatoms. The maximum Gasteiger partial charge on any atom is 0.295 e. The number of nitrogens with one attached hydrogen (secondary N) is 1. The molecule has 0 spiro atoms. The van der Waals surface area contributed by atoms with Crippen LogP contribution in [0.3, 0.4) is 0 Å². The highest BCUT2D eigenvalue weighted by molar-refractivity contribution is 6.00. The van der Waals surface area contributed by atoms with Crippen LogP contribution >= 0.6 is 0 Å². The number of rotatable bonds is 4. The minimum absolute atomic E-state index is 0.169. The van der Waals surface area contributed by atoms with Crippen LogP contribution in [0.2, 0.25) is 0 Å². The molecular weight excluding hydrogens is 378 g/mol. The van der Waals surface area contributed by atoms with Gasteiger partial charge in [-0.2, -0.15) is 0 Å². The molecule has 0 saturated heterocycles. The van der Waals surface area contributed by atoms with E-state index in [1.165, 1.54) is 10.8 Å². The van der Waals surface area contributed by atoms with E-state index in [1.54, 1.807) is 24.7 Å². The highest BCUT2D eigenvalue weighted by atomic mass is 16.5. The van der Waals surface area contributed by atoms with E-state index in [0.717, 1.165) is 22.6 Å². The Labute approximate surface area is 174 Å². The molecule has 2 heterocycles. The van der Waals surface area contributed by atoms with E-state index in [0.29, 0.717) is 5.69 Å². The smallest absolute Gasteiger partial charge is 0.295 e. The molecule has 1 aromatic heterocycles. The lowest BCUT2D eigenvalue weighted by molar-refractivity contribution is -0.111. The van der Waals surface area contributed by atoms with E-state index >= 15 is 0 Å². The number of ether oxygens (including phenoxy) is 1. The van der Waals surface area contributed by atoms with Crippen LogP contribution in [-0.2, 0) is 11.8 Å². The van der Waals surface area contributed by atoms with Crippen molar-refractivity contribution in [3.8, 4) is 11.4 Å². The number of anilines is 1. The first kappa shape index (κ1) is 19.5. The second kappa shape index (κ2) is 7.91. The fourth-order valence-electron chi connectivity index (χ4n) is 3.50. The van der Waals surface area contributed by atoms with Crippen molar-refractivity contribution >= 4 is 17.7 Å². The molecule has 30 heavy (non-hydrogen) atoms. The summed E-state index contributed by atoms with van der Waals surface area (Å²) in [7, 11) is 1.79. The molecule has 0 radical (unpaired) electrons. The van der Waals surface area contributed by atoms with Crippen LogP contribution in [0.4, 0.5) is 5.69 Å². The quantitative estimate of drug-likeness (QED) is 0.676. The number of aromatic nitrogens is 2. The van der Waals surface area contributed by atoms with Crippen molar-refractivity contribution in [2.24, 2.45) is 7.05 Å². The number of hydrogen-bond donors (Lipinski definition) is 1. The van der Waals surface area contributed by atoms with Gasteiger partial charge in [-0.05, 0) is 49.8 Å². The summed E-state index contributed by atoms with van der Waals surface area (Å²) >= 11 is 0. The van der Waals surface area contributed by atoms with Gasteiger partial charge in [0.2, 0.25) is 5.91 Å². The summed E-state index contributed by atoms with van der Waals surface area (Å²) in [6.45, 7) is 3.74. The average molecular weight is 401 g/mol. The van der Waals surface area contributed by atoms with Crippen LogP contribution in [0.5, 0.6) is 5.75 Å². The van der Waals surface area contributed by atoms with Gasteiger partial charge < -0.3 is 10.1 Å². The Morgan fingerprint density at radius 2 is 1.80 bits per heavy atom. The third kappa shape index (κ3) is 3.59. The highest BCUT2D eigenvalue weighted by Gasteiger charge is 2.19. The number of para-hydroxylation sites is 2. The third-order valence-electron chi connectivity index (χ3n) is 5.24. The lowest BCUT2D eigenvalue weighted by atomic mass is 10.0. The van der Waals surface area contributed by atoms with Gasteiger partial charge in [-0.25, -0.2) is 4.68 Å². The number of nitrogens with zero attached hydrogens (tertiary/aromatic N) is 2. The van der Waals surface area contributed by atoms with Crippen molar-refractivity contribution in [1.29, 1.82) is 0 Å². The van der Waals surface area contributed by atoms with Crippen molar-refractivity contribution in [3.63, 3.8) is 0 Å². The van der Waals surface area contributed by atoms with E-state index in [4.69, 9.17) is 4.74 Å². The number of benzene rings is 2. The van der Waals surface area contributed by atoms with Crippen LogP contribution in [0, 0.1) is 6.92 Å². The molecule has 3 aromatic rings. The van der Waals surface area contributed by atoms with Crippen molar-refractivity contribution in [3.05, 3.63) is 93.9 Å². The molecule has 0 fully saturated rings. The molecular formula is C24H23N3O3. The van der Waals surface area contributed by atoms with Gasteiger partial charge in [-0.15, -0.1) is 0 Å². The van der Waals surface area contributed by atoms with Crippen molar-refractivity contribution in [1.82, 2.24) is 9.36 Å². The summed E-state index contributed by atoms with van der Waals surface area (Å²) in [4.78, 5) is 25.5. The topological polar surface area (TPSA) is 65.3 Å². The molecule has 1 atom stereocenters. The summed E-state index contributed by atoms with van der Waals surface area (Å²) in [6, 6.07) is 17.1. The van der Waals surface area contributed by atoms with E-state index in [-0.39, 0.29) is 23.3 Å². The molecule has 1 aliphatic rings. The molecule has 1 aliphatic heterocycles. The molecule has 1 unspecified atom stereocenters. The van der Waals surface area contributed by atoms with Gasteiger partial charge in [0.1, 0.15) is 17.5 Å². The lowest BCUT2D eigenvalue weighted by Crippen LogP contribution is -2.22. The minimum atomic E-state index is -0.368. The molecule has 1 amide bonds. The number of hydrogen-bond acceptors (Lipinski definition) is 3. The molecule has 0 bridgehead atoms. The molecule has 152 valence electrons. The van der Waals surface area contributed by atoms with Gasteiger partial charge >= 0.3 is 0 Å². The van der Waals surface area contributed by atoms with Gasteiger partial charge in [0.25, 0.3) is 5.56 Å². The summed E-state index contributed by atoms with van der Waals surface area (Å²) in [6.07, 6.45) is 4.99. The Kier molecular flexibility index (Phi) is 5.14. The van der Waals surface area contributed by atoms with Crippen molar-refractivity contribution < 1.29 is 9.53 Å². The maximum absolute atomic E-state index is 12.9. The zero-order valence-corrected chi connectivity index (χ0v) is 17.1. The van der Waals surface area contributed by atoms with Crippen molar-refractivity contribution in [2.45, 2.75) is 20.0 Å². The van der Waals surface area contributed by atoms with Crippen LogP contribution in [0.1, 0.15) is 18.2 Å². The number of carbonyl (C=O) groups excluding carboxylic acids is 1. The van der Waals surface area contributed by atoms with Gasteiger partial charge in [0, 0.05) is 18.7 Å². The highest BCUT2D eigenvalue weighted by Crippen LogP contribution is 2.29. The van der Waals surface area contributed by atoms with Crippen LogP contribution in [0.15, 0.2) is 77.1 Å². The zero-order valence-electron chi connectivity index (χ0n) is 17.1. The summed E-state index contributed by atoms with van der Waals surface area (Å²) < 4.78 is 9.16. The Hall–Kier alpha value is -3.80. The molecule has 0 aliphatic carbocycles. The van der Waals surface area contributed by atoms with Crippen LogP contribution < -0.4 is 15.6 Å². The zero-order chi connectivity index (χ0) is 21.3. The average Bonchev–Trinajstić information content (AvgIpc) is 2.96. The van der Waals surface area contributed by atoms with E-state index in [9.17, 15) is 9.59 Å². The predicted octanol–water partition coefficient (Wildman–Crippen LogP) is 3.84. The second-order valence-electron chi connectivity index (χ2n) is 7.20. The molecule has 0 saturated carbocycles. The normalized spacial score (nSPS) is 15.4. The van der Waals surface area contributed by atoms with Gasteiger partial charge in [0.05, 0.1) is 11.4 Å². The molecule has 6 nitrogen and oxygen atoms in total. The Morgan fingerprint density at radius 3 is 2.57 bits per heavy atom. The number of fused-ring (bicyclic) bond motifs is 1. The largest absolute Gasteiger partial charge is 0.485 e. The van der Waals surface area contributed by atoms with Gasteiger partial charge in [-0.3, -0.25) is 14.3 Å². The van der Waals surface area contributed by atoms with Crippen molar-refractivity contribution in [2.75, 3.05) is 5.32 Å². The third-order valence-corrected chi connectivity index (χ3v) is 5.24. The van der Waals surface area contributed by atoms with E-state index in [2.05, 4.69) is 5.32 Å². The summed E-state index contributed by atoms with van der Waals surface area (Å²) in [5.74, 6) is 0.459. The Morgan fingerprint density at radius 1 is 1.10 bits per heavy atom. The first-order valence-corrected chi connectivity index (χ1v) is 9.76. The van der Waals surface area contributed by atoms with Gasteiger partial charge in [-0.1, -0.05) is 36.4 Å². The predicted molar refractivity (Wildman–Crippen MR) is 118 cm³/mol. The number of amides is 1. The molecule has 2 aromatic carbocycles. The van der Waals surface area contributed by atoms with Gasteiger partial charge in [0.15, 0.2) is 0 Å². The maximum atomic E-state index is 12.9. The summed E-state index contributed by atoms with van der Waals surface area (Å²) in [5.41, 5.74) is 3.26.